The number of carboxylic acid groups (broad SMARTS) is 2. The van der Waals surface area contributed by atoms with Crippen LogP contribution < -0.4 is 48.7 Å². The van der Waals surface area contributed by atoms with Crippen molar-refractivity contribution in [1.29, 1.82) is 0 Å². The number of amides is 8. The lowest BCUT2D eigenvalue weighted by atomic mass is 10.0. The second-order valence-corrected chi connectivity index (χ2v) is 15.1. The molecule has 1 aromatic rings. The van der Waals surface area contributed by atoms with Crippen molar-refractivity contribution in [1.82, 2.24) is 37.2 Å². The lowest BCUT2D eigenvalue weighted by Crippen LogP contribution is -2.59. The number of nitrogens with one attached hydrogen (secondary N) is 7. The third-order valence-electron chi connectivity index (χ3n) is 8.47. The summed E-state index contributed by atoms with van der Waals surface area (Å²) in [5, 5.41) is 35.4. The Morgan fingerprint density at radius 3 is 1.69 bits per heavy atom. The summed E-state index contributed by atoms with van der Waals surface area (Å²) in [4.78, 5) is 126. The Morgan fingerprint density at radius 2 is 1.17 bits per heavy atom. The highest BCUT2D eigenvalue weighted by Crippen LogP contribution is 2.08. The van der Waals surface area contributed by atoms with Gasteiger partial charge >= 0.3 is 11.9 Å². The number of rotatable bonds is 27. The van der Waals surface area contributed by atoms with E-state index in [0.717, 1.165) is 5.56 Å². The summed E-state index contributed by atoms with van der Waals surface area (Å²) in [5.74, 6) is -9.60. The van der Waals surface area contributed by atoms with Crippen molar-refractivity contribution in [2.45, 2.75) is 109 Å². The van der Waals surface area contributed by atoms with E-state index in [4.69, 9.17) is 11.5 Å². The van der Waals surface area contributed by atoms with Crippen LogP contribution in [0.1, 0.15) is 65.4 Å². The van der Waals surface area contributed by atoms with Crippen LogP contribution in [0, 0.1) is 5.92 Å². The molecule has 0 aliphatic heterocycles. The predicted octanol–water partition coefficient (Wildman–Crippen LogP) is -2.75. The zero-order valence-electron chi connectivity index (χ0n) is 33.7. The molecule has 0 aliphatic carbocycles. The molecule has 0 aromatic heterocycles. The first-order valence-corrected chi connectivity index (χ1v) is 20.1. The van der Waals surface area contributed by atoms with Crippen LogP contribution in [0.25, 0.3) is 0 Å². The van der Waals surface area contributed by atoms with E-state index in [1.165, 1.54) is 25.6 Å². The lowest BCUT2D eigenvalue weighted by molar-refractivity contribution is -0.143. The van der Waals surface area contributed by atoms with Crippen LogP contribution in [-0.2, 0) is 54.4 Å². The molecule has 328 valence electrons. The Balaban J connectivity index is 3.02. The van der Waals surface area contributed by atoms with E-state index in [1.807, 2.05) is 6.07 Å². The number of hydrogen-bond donors (Lipinski definition) is 11. The van der Waals surface area contributed by atoms with E-state index < -0.39 is 114 Å². The maximum Gasteiger partial charge on any atom is 0.326 e. The molecule has 0 aliphatic rings. The van der Waals surface area contributed by atoms with E-state index in [-0.39, 0.29) is 43.8 Å². The van der Waals surface area contributed by atoms with Gasteiger partial charge in [-0.3, -0.25) is 43.2 Å². The van der Waals surface area contributed by atoms with Gasteiger partial charge in [-0.25, -0.2) is 4.79 Å². The van der Waals surface area contributed by atoms with E-state index in [9.17, 15) is 58.2 Å². The van der Waals surface area contributed by atoms with E-state index >= 15 is 0 Å². The molecule has 0 saturated carbocycles. The van der Waals surface area contributed by atoms with Crippen LogP contribution in [0.3, 0.4) is 0 Å². The van der Waals surface area contributed by atoms with Crippen molar-refractivity contribution >= 4 is 71.0 Å². The minimum absolute atomic E-state index is 0.0466. The topological polar surface area (TPSA) is 347 Å². The number of aliphatic carboxylic acids is 2. The summed E-state index contributed by atoms with van der Waals surface area (Å²) in [6.45, 7) is 5.51. The Kier molecular flexibility index (Phi) is 22.8. The molecule has 13 N–H and O–H groups in total. The van der Waals surface area contributed by atoms with Crippen LogP contribution in [-0.4, -0.2) is 130 Å². The minimum Gasteiger partial charge on any atom is -0.481 e. The summed E-state index contributed by atoms with van der Waals surface area (Å²) in [7, 11) is 0. The van der Waals surface area contributed by atoms with E-state index in [1.54, 1.807) is 44.4 Å². The van der Waals surface area contributed by atoms with Gasteiger partial charge < -0.3 is 58.9 Å². The molecule has 1 rings (SSSR count). The van der Waals surface area contributed by atoms with Gasteiger partial charge in [0.05, 0.1) is 19.0 Å². The molecule has 8 amide bonds. The third kappa shape index (κ3) is 20.5. The number of primary amides is 1. The van der Waals surface area contributed by atoms with E-state index in [0.29, 0.717) is 0 Å². The van der Waals surface area contributed by atoms with Crippen molar-refractivity contribution in [2.24, 2.45) is 17.4 Å². The summed E-state index contributed by atoms with van der Waals surface area (Å²) in [6, 6.07) is -0.492. The molecule has 21 nitrogen and oxygen atoms in total. The largest absolute Gasteiger partial charge is 0.481 e. The molecule has 1 aromatic carbocycles. The van der Waals surface area contributed by atoms with Gasteiger partial charge in [0.1, 0.15) is 36.3 Å². The Labute approximate surface area is 346 Å². The Bertz CT molecular complexity index is 1650. The van der Waals surface area contributed by atoms with Gasteiger partial charge in [0.2, 0.25) is 47.3 Å². The number of hydrogen-bond acceptors (Lipinski definition) is 12. The number of benzene rings is 1. The molecule has 22 heteroatoms. The summed E-state index contributed by atoms with van der Waals surface area (Å²) < 4.78 is 0. The lowest BCUT2D eigenvalue weighted by Gasteiger charge is -2.26. The average molecular weight is 852 g/mol. The van der Waals surface area contributed by atoms with Crippen molar-refractivity contribution in [3.05, 3.63) is 35.9 Å². The first-order chi connectivity index (χ1) is 27.6. The van der Waals surface area contributed by atoms with Crippen molar-refractivity contribution in [3.8, 4) is 0 Å². The number of carboxylic acids is 2. The molecule has 0 fully saturated rings. The van der Waals surface area contributed by atoms with E-state index in [2.05, 4.69) is 37.2 Å². The highest BCUT2D eigenvalue weighted by molar-refractivity contribution is 7.98. The summed E-state index contributed by atoms with van der Waals surface area (Å²) >= 11 is 1.29. The molecular weight excluding hydrogens is 795 g/mol. The molecule has 7 atom stereocenters. The van der Waals surface area contributed by atoms with Gasteiger partial charge in [-0.2, -0.15) is 11.8 Å². The van der Waals surface area contributed by atoms with Crippen LogP contribution in [0.2, 0.25) is 0 Å². The zero-order chi connectivity index (χ0) is 44.8. The van der Waals surface area contributed by atoms with Crippen LogP contribution in [0.5, 0.6) is 0 Å². The molecule has 0 radical (unpaired) electrons. The molecule has 0 unspecified atom stereocenters. The van der Waals surface area contributed by atoms with Gasteiger partial charge in [-0.15, -0.1) is 0 Å². The molecular formula is C37H57N9O12S. The maximum atomic E-state index is 13.5. The first-order valence-electron chi connectivity index (χ1n) is 18.7. The standard InChI is InChI=1S/C37H57N9O12S/c1-19(2)15-27(37(57)58)46-32(52)21(4)42-36(56)26(17-30(49)50)45-35(55)25(13-14-59-5)44-34(54)24(11-12-28(39)47)43-31(51)20(3)41-29(48)18-40-33(53)23(38)16-22-9-7-6-8-10-22/h6-10,19-21,23-27H,11-18,38H2,1-5H3,(H2,39,47)(H,40,53)(H,41,48)(H,42,56)(H,43,51)(H,44,54)(H,45,55)(H,46,52)(H,49,50)(H,57,58)/t20-,21-,23-,24-,25-,26-,27-/m0/s1. The highest BCUT2D eigenvalue weighted by Gasteiger charge is 2.33. The van der Waals surface area contributed by atoms with Crippen molar-refractivity contribution in [2.75, 3.05) is 18.6 Å². The van der Waals surface area contributed by atoms with Gasteiger partial charge in [0.15, 0.2) is 0 Å². The summed E-state index contributed by atoms with van der Waals surface area (Å²) in [5.41, 5.74) is 12.0. The average Bonchev–Trinajstić information content (AvgIpc) is 3.15. The van der Waals surface area contributed by atoms with Gasteiger partial charge in [-0.1, -0.05) is 44.2 Å². The number of thioether (sulfide) groups is 1. The van der Waals surface area contributed by atoms with Crippen LogP contribution >= 0.6 is 11.8 Å². The monoisotopic (exact) mass is 851 g/mol. The Hall–Kier alpha value is -5.77. The molecule has 59 heavy (non-hydrogen) atoms. The fraction of sp³-hybridized carbons (Fsp3) is 0.568. The number of nitrogens with two attached hydrogens (primary N) is 2. The predicted molar refractivity (Wildman–Crippen MR) is 215 cm³/mol. The van der Waals surface area contributed by atoms with Crippen molar-refractivity contribution < 1.29 is 58.2 Å². The maximum absolute atomic E-state index is 13.5. The third-order valence-corrected chi connectivity index (χ3v) is 9.11. The minimum atomic E-state index is -1.76. The second-order valence-electron chi connectivity index (χ2n) is 14.1. The fourth-order valence-electron chi connectivity index (χ4n) is 5.27. The normalized spacial score (nSPS) is 14.4. The number of carbonyl (C=O) groups excluding carboxylic acids is 8. The molecule has 0 saturated heterocycles. The summed E-state index contributed by atoms with van der Waals surface area (Å²) in [6.07, 6.45) is 0.321. The van der Waals surface area contributed by atoms with Gasteiger partial charge in [-0.05, 0) is 63.0 Å². The van der Waals surface area contributed by atoms with Crippen LogP contribution in [0.15, 0.2) is 30.3 Å². The van der Waals surface area contributed by atoms with Gasteiger partial charge in [0.25, 0.3) is 0 Å². The quantitative estimate of drug-likeness (QED) is 0.0428. The Morgan fingerprint density at radius 1 is 0.661 bits per heavy atom. The number of carbonyl (C=O) groups is 10. The van der Waals surface area contributed by atoms with Gasteiger partial charge in [0, 0.05) is 6.42 Å². The molecule has 0 spiro atoms. The first kappa shape index (κ1) is 51.2. The molecule has 0 bridgehead atoms. The second kappa shape index (κ2) is 26.3. The highest BCUT2D eigenvalue weighted by atomic mass is 32.2. The van der Waals surface area contributed by atoms with Crippen LogP contribution in [0.4, 0.5) is 0 Å². The molecule has 0 heterocycles. The zero-order valence-corrected chi connectivity index (χ0v) is 34.5. The smallest absolute Gasteiger partial charge is 0.326 e. The SMILES string of the molecule is CSCC[C@H](NC(=O)[C@H](CCC(N)=O)NC(=O)[C@H](C)NC(=O)CNC(=O)[C@@H](N)Cc1ccccc1)C(=O)N[C@@H](CC(=O)O)C(=O)N[C@@H](C)C(=O)N[C@@H](CC(C)C)C(=O)O. The fourth-order valence-corrected chi connectivity index (χ4v) is 5.74. The van der Waals surface area contributed by atoms with Crippen molar-refractivity contribution in [3.63, 3.8) is 0 Å².